The van der Waals surface area contributed by atoms with Crippen molar-refractivity contribution >= 4 is 23.7 Å². The Bertz CT molecular complexity index is 354. The van der Waals surface area contributed by atoms with Crippen molar-refractivity contribution in [1.82, 2.24) is 15.0 Å². The van der Waals surface area contributed by atoms with Gasteiger partial charge in [-0.1, -0.05) is 31.5 Å². The number of nitrogens with two attached hydrogens (primary N) is 1. The van der Waals surface area contributed by atoms with Gasteiger partial charge in [0.05, 0.1) is 0 Å². The summed E-state index contributed by atoms with van der Waals surface area (Å²) in [5, 5.41) is 0.737. The van der Waals surface area contributed by atoms with Gasteiger partial charge >= 0.3 is 0 Å². The van der Waals surface area contributed by atoms with Crippen LogP contribution in [0.3, 0.4) is 0 Å². The van der Waals surface area contributed by atoms with Gasteiger partial charge in [0.15, 0.2) is 5.16 Å². The lowest BCUT2D eigenvalue weighted by Crippen LogP contribution is -2.25. The maximum Gasteiger partial charge on any atom is 0.231 e. The quantitative estimate of drug-likeness (QED) is 0.578. The summed E-state index contributed by atoms with van der Waals surface area (Å²) in [5.74, 6) is 2.03. The minimum absolute atomic E-state index is 0.310. The van der Waals surface area contributed by atoms with E-state index >= 15 is 0 Å². The molecular weight excluding hydrogens is 246 g/mol. The van der Waals surface area contributed by atoms with Crippen molar-refractivity contribution in [1.29, 1.82) is 0 Å². The van der Waals surface area contributed by atoms with Crippen LogP contribution in [-0.4, -0.2) is 33.8 Å². The highest BCUT2D eigenvalue weighted by Crippen LogP contribution is 2.18. The number of thioether (sulfide) groups is 1. The Hall–Kier alpha value is -1.04. The summed E-state index contributed by atoms with van der Waals surface area (Å²) >= 11 is 1.66. The third kappa shape index (κ3) is 4.68. The van der Waals surface area contributed by atoms with E-state index in [4.69, 9.17) is 5.73 Å². The van der Waals surface area contributed by atoms with E-state index < -0.39 is 0 Å². The first-order chi connectivity index (χ1) is 8.71. The average Bonchev–Trinajstić information content (AvgIpc) is 2.36. The van der Waals surface area contributed by atoms with E-state index in [1.807, 2.05) is 0 Å². The second-order valence-corrected chi connectivity index (χ2v) is 5.07. The van der Waals surface area contributed by atoms with Gasteiger partial charge in [0.25, 0.3) is 0 Å². The molecule has 0 aromatic carbocycles. The molecule has 0 aliphatic carbocycles. The van der Waals surface area contributed by atoms with Crippen LogP contribution in [0.5, 0.6) is 0 Å². The van der Waals surface area contributed by atoms with Crippen molar-refractivity contribution in [2.75, 3.05) is 29.5 Å². The molecule has 1 rings (SSSR count). The van der Waals surface area contributed by atoms with E-state index in [2.05, 4.69) is 40.6 Å². The van der Waals surface area contributed by atoms with E-state index in [9.17, 15) is 0 Å². The maximum atomic E-state index is 5.73. The molecule has 1 aromatic rings. The van der Waals surface area contributed by atoms with Crippen LogP contribution in [0.1, 0.15) is 40.0 Å². The van der Waals surface area contributed by atoms with Gasteiger partial charge in [-0.3, -0.25) is 0 Å². The summed E-state index contributed by atoms with van der Waals surface area (Å²) in [6, 6.07) is 0. The predicted octanol–water partition coefficient (Wildman–Crippen LogP) is 2.58. The second kappa shape index (κ2) is 8.13. The fourth-order valence-corrected chi connectivity index (χ4v) is 2.42. The number of nitrogens with zero attached hydrogens (tertiary/aromatic N) is 4. The highest BCUT2D eigenvalue weighted by molar-refractivity contribution is 7.99. The lowest BCUT2D eigenvalue weighted by Gasteiger charge is -2.18. The average molecular weight is 269 g/mol. The lowest BCUT2D eigenvalue weighted by atomic mass is 10.3. The Kier molecular flexibility index (Phi) is 6.78. The predicted molar refractivity (Wildman–Crippen MR) is 78.0 cm³/mol. The summed E-state index contributed by atoms with van der Waals surface area (Å²) in [7, 11) is 0. The zero-order valence-electron chi connectivity index (χ0n) is 11.5. The van der Waals surface area contributed by atoms with Crippen LogP contribution in [0.2, 0.25) is 0 Å². The smallest absolute Gasteiger partial charge is 0.231 e. The van der Waals surface area contributed by atoms with Gasteiger partial charge in [0.2, 0.25) is 11.9 Å². The molecule has 6 heteroatoms. The molecule has 0 fully saturated rings. The van der Waals surface area contributed by atoms with Crippen LogP contribution in [-0.2, 0) is 0 Å². The number of hydrogen-bond donors (Lipinski definition) is 1. The van der Waals surface area contributed by atoms with Crippen molar-refractivity contribution < 1.29 is 0 Å². The van der Waals surface area contributed by atoms with Gasteiger partial charge in [-0.15, -0.1) is 0 Å². The molecule has 0 spiro atoms. The van der Waals surface area contributed by atoms with E-state index in [-0.39, 0.29) is 0 Å². The molecule has 1 heterocycles. The molecule has 2 N–H and O–H groups in total. The maximum absolute atomic E-state index is 5.73. The third-order valence-corrected chi connectivity index (χ3v) is 3.58. The van der Waals surface area contributed by atoms with Crippen LogP contribution < -0.4 is 10.6 Å². The summed E-state index contributed by atoms with van der Waals surface area (Å²) in [6.45, 7) is 8.11. The molecule has 0 saturated carbocycles. The summed E-state index contributed by atoms with van der Waals surface area (Å²) in [6.07, 6.45) is 3.66. The Balaban J connectivity index is 2.68. The fourth-order valence-electron chi connectivity index (χ4n) is 1.59. The molecule has 5 nitrogen and oxygen atoms in total. The van der Waals surface area contributed by atoms with E-state index in [0.29, 0.717) is 11.9 Å². The first kappa shape index (κ1) is 15.0. The highest BCUT2D eigenvalue weighted by atomic mass is 32.2. The van der Waals surface area contributed by atoms with Crippen molar-refractivity contribution in [2.24, 2.45) is 0 Å². The second-order valence-electron chi connectivity index (χ2n) is 4.00. The third-order valence-electron chi connectivity index (χ3n) is 2.65. The molecule has 0 radical (unpaired) electrons. The number of hydrogen-bond acceptors (Lipinski definition) is 6. The molecule has 18 heavy (non-hydrogen) atoms. The Labute approximate surface area is 114 Å². The van der Waals surface area contributed by atoms with Crippen molar-refractivity contribution in [3.8, 4) is 0 Å². The van der Waals surface area contributed by atoms with Crippen LogP contribution in [0.25, 0.3) is 0 Å². The first-order valence-corrected chi connectivity index (χ1v) is 7.59. The van der Waals surface area contributed by atoms with Gasteiger partial charge in [-0.2, -0.15) is 15.0 Å². The SMILES string of the molecule is CCCCCSc1nc(N)nc(N(CC)CC)n1. The minimum Gasteiger partial charge on any atom is -0.368 e. The number of rotatable bonds is 8. The first-order valence-electron chi connectivity index (χ1n) is 6.60. The van der Waals surface area contributed by atoms with Crippen LogP contribution in [0, 0.1) is 0 Å². The van der Waals surface area contributed by atoms with Crippen LogP contribution in [0.15, 0.2) is 5.16 Å². The highest BCUT2D eigenvalue weighted by Gasteiger charge is 2.09. The van der Waals surface area contributed by atoms with Gasteiger partial charge < -0.3 is 10.6 Å². The Morgan fingerprint density at radius 1 is 1.06 bits per heavy atom. The summed E-state index contributed by atoms with van der Waals surface area (Å²) in [4.78, 5) is 14.9. The molecule has 0 atom stereocenters. The van der Waals surface area contributed by atoms with Gasteiger partial charge in [-0.05, 0) is 20.3 Å². The van der Waals surface area contributed by atoms with Crippen molar-refractivity contribution in [3.63, 3.8) is 0 Å². The molecule has 0 aliphatic rings. The van der Waals surface area contributed by atoms with Crippen LogP contribution >= 0.6 is 11.8 Å². The fraction of sp³-hybridized carbons (Fsp3) is 0.750. The summed E-state index contributed by atoms with van der Waals surface area (Å²) in [5.41, 5.74) is 5.73. The number of anilines is 2. The van der Waals surface area contributed by atoms with E-state index in [1.54, 1.807) is 11.8 Å². The standard InChI is InChI=1S/C12H23N5S/c1-4-7-8-9-18-12-15-10(13)14-11(16-12)17(5-2)6-3/h4-9H2,1-3H3,(H2,13,14,15,16). The molecule has 0 amide bonds. The van der Waals surface area contributed by atoms with Gasteiger partial charge in [0, 0.05) is 18.8 Å². The molecular formula is C12H23N5S. The van der Waals surface area contributed by atoms with Crippen molar-refractivity contribution in [3.05, 3.63) is 0 Å². The zero-order valence-corrected chi connectivity index (χ0v) is 12.3. The van der Waals surface area contributed by atoms with E-state index in [0.717, 1.165) is 24.0 Å². The molecule has 102 valence electrons. The van der Waals surface area contributed by atoms with E-state index in [1.165, 1.54) is 19.3 Å². The molecule has 0 aliphatic heterocycles. The largest absolute Gasteiger partial charge is 0.368 e. The number of unbranched alkanes of at least 4 members (excludes halogenated alkanes) is 2. The Morgan fingerprint density at radius 3 is 2.39 bits per heavy atom. The topological polar surface area (TPSA) is 67.9 Å². The van der Waals surface area contributed by atoms with Crippen molar-refractivity contribution in [2.45, 2.75) is 45.2 Å². The normalized spacial score (nSPS) is 10.6. The molecule has 0 saturated heterocycles. The van der Waals surface area contributed by atoms with Gasteiger partial charge in [0.1, 0.15) is 0 Å². The minimum atomic E-state index is 0.310. The number of aromatic nitrogens is 3. The Morgan fingerprint density at radius 2 is 1.78 bits per heavy atom. The monoisotopic (exact) mass is 269 g/mol. The summed E-state index contributed by atoms with van der Waals surface area (Å²) < 4.78 is 0. The molecule has 1 aromatic heterocycles. The number of nitrogen functional groups attached to an aromatic ring is 1. The van der Waals surface area contributed by atoms with Crippen LogP contribution in [0.4, 0.5) is 11.9 Å². The lowest BCUT2D eigenvalue weighted by molar-refractivity contribution is 0.771. The molecule has 0 unspecified atom stereocenters. The van der Waals surface area contributed by atoms with Gasteiger partial charge in [-0.25, -0.2) is 0 Å². The molecule has 0 bridgehead atoms. The zero-order chi connectivity index (χ0) is 13.4.